The van der Waals surface area contributed by atoms with Crippen LogP contribution >= 0.6 is 0 Å². The first kappa shape index (κ1) is 13.9. The van der Waals surface area contributed by atoms with Crippen LogP contribution in [0.4, 0.5) is 10.7 Å². The van der Waals surface area contributed by atoms with Crippen LogP contribution in [0.5, 0.6) is 0 Å². The zero-order valence-electron chi connectivity index (χ0n) is 11.4. The minimum atomic E-state index is -1.01. The molecule has 1 amide bonds. The lowest BCUT2D eigenvalue weighted by atomic mass is 10.2. The van der Waals surface area contributed by atoms with Crippen LogP contribution in [-0.4, -0.2) is 32.8 Å². The van der Waals surface area contributed by atoms with E-state index in [1.165, 1.54) is 12.1 Å². The average Bonchev–Trinajstić information content (AvgIpc) is 2.65. The fourth-order valence-corrected chi connectivity index (χ4v) is 1.77. The molecule has 106 valence electrons. The molecule has 7 heteroatoms. The van der Waals surface area contributed by atoms with E-state index >= 15 is 0 Å². The molecule has 2 N–H and O–H groups in total. The molecule has 0 unspecified atom stereocenters. The van der Waals surface area contributed by atoms with E-state index in [0.29, 0.717) is 17.0 Å². The first-order valence-electron chi connectivity index (χ1n) is 6.06. The maximum absolute atomic E-state index is 11.5. The Balaban J connectivity index is 2.34. The van der Waals surface area contributed by atoms with Crippen molar-refractivity contribution in [2.75, 3.05) is 5.32 Å². The highest BCUT2D eigenvalue weighted by Crippen LogP contribution is 2.20. The number of fused-ring (bicyclic) bond motifs is 1. The second-order valence-electron chi connectivity index (χ2n) is 4.58. The standard InChI is InChI=1S/C13H15N3O4/c1-7(2)20-13(19)15-12-14-9-5-4-8(11(17)18)6-10(9)16(12)3/h4-7H,1-3H3,(H,17,18)(H,14,15,19). The number of imidazole rings is 1. The van der Waals surface area contributed by atoms with Crippen molar-refractivity contribution in [2.24, 2.45) is 7.05 Å². The Morgan fingerprint density at radius 2 is 2.10 bits per heavy atom. The van der Waals surface area contributed by atoms with E-state index in [0.717, 1.165) is 0 Å². The molecule has 1 aromatic carbocycles. The lowest BCUT2D eigenvalue weighted by Gasteiger charge is -2.08. The number of carboxylic acids is 1. The van der Waals surface area contributed by atoms with Gasteiger partial charge >= 0.3 is 12.1 Å². The minimum Gasteiger partial charge on any atom is -0.478 e. The number of benzene rings is 1. The summed E-state index contributed by atoms with van der Waals surface area (Å²) < 4.78 is 6.57. The summed E-state index contributed by atoms with van der Waals surface area (Å²) in [5.74, 6) is -0.713. The molecule has 2 rings (SSSR count). The summed E-state index contributed by atoms with van der Waals surface area (Å²) in [6, 6.07) is 4.56. The van der Waals surface area contributed by atoms with Crippen LogP contribution in [0.1, 0.15) is 24.2 Å². The van der Waals surface area contributed by atoms with Crippen molar-refractivity contribution < 1.29 is 19.4 Å². The van der Waals surface area contributed by atoms with E-state index in [1.807, 2.05) is 0 Å². The van der Waals surface area contributed by atoms with Gasteiger partial charge in [0.15, 0.2) is 0 Å². The minimum absolute atomic E-state index is 0.164. The second-order valence-corrected chi connectivity index (χ2v) is 4.58. The summed E-state index contributed by atoms with van der Waals surface area (Å²) in [5, 5.41) is 11.5. The molecule has 0 aliphatic carbocycles. The topological polar surface area (TPSA) is 93.4 Å². The van der Waals surface area contributed by atoms with Crippen LogP contribution in [0.15, 0.2) is 18.2 Å². The van der Waals surface area contributed by atoms with Gasteiger partial charge in [-0.3, -0.25) is 5.32 Å². The molecular weight excluding hydrogens is 262 g/mol. The van der Waals surface area contributed by atoms with Crippen molar-refractivity contribution in [1.29, 1.82) is 0 Å². The van der Waals surface area contributed by atoms with E-state index in [4.69, 9.17) is 9.84 Å². The van der Waals surface area contributed by atoms with E-state index < -0.39 is 12.1 Å². The highest BCUT2D eigenvalue weighted by Gasteiger charge is 2.14. The molecule has 0 aliphatic rings. The summed E-state index contributed by atoms with van der Waals surface area (Å²) in [7, 11) is 1.69. The van der Waals surface area contributed by atoms with Gasteiger partial charge in [0.2, 0.25) is 5.95 Å². The molecule has 0 atom stereocenters. The van der Waals surface area contributed by atoms with Crippen molar-refractivity contribution >= 4 is 29.0 Å². The van der Waals surface area contributed by atoms with Crippen molar-refractivity contribution in [2.45, 2.75) is 20.0 Å². The number of carbonyl (C=O) groups is 2. The van der Waals surface area contributed by atoms with E-state index in [2.05, 4.69) is 10.3 Å². The van der Waals surface area contributed by atoms with Crippen molar-refractivity contribution in [3.05, 3.63) is 23.8 Å². The van der Waals surface area contributed by atoms with E-state index in [1.54, 1.807) is 31.5 Å². The normalized spacial score (nSPS) is 10.8. The smallest absolute Gasteiger partial charge is 0.414 e. The molecule has 0 fully saturated rings. The number of amides is 1. The van der Waals surface area contributed by atoms with Gasteiger partial charge in [-0.25, -0.2) is 14.6 Å². The molecule has 7 nitrogen and oxygen atoms in total. The van der Waals surface area contributed by atoms with Crippen LogP contribution in [0.3, 0.4) is 0 Å². The molecule has 2 aromatic rings. The van der Waals surface area contributed by atoms with Gasteiger partial charge in [-0.05, 0) is 32.0 Å². The van der Waals surface area contributed by atoms with Gasteiger partial charge < -0.3 is 14.4 Å². The van der Waals surface area contributed by atoms with Gasteiger partial charge in [0.25, 0.3) is 0 Å². The monoisotopic (exact) mass is 277 g/mol. The first-order chi connectivity index (χ1) is 9.38. The number of carbonyl (C=O) groups excluding carboxylic acids is 1. The Kier molecular flexibility index (Phi) is 3.60. The zero-order valence-corrected chi connectivity index (χ0v) is 11.4. The number of nitrogens with one attached hydrogen (secondary N) is 1. The lowest BCUT2D eigenvalue weighted by molar-refractivity contribution is 0.0697. The molecule has 0 saturated heterocycles. The van der Waals surface area contributed by atoms with Crippen LogP contribution in [0.25, 0.3) is 11.0 Å². The quantitative estimate of drug-likeness (QED) is 0.897. The average molecular weight is 277 g/mol. The molecule has 0 bridgehead atoms. The summed E-state index contributed by atoms with van der Waals surface area (Å²) >= 11 is 0. The number of rotatable bonds is 3. The van der Waals surface area contributed by atoms with Gasteiger partial charge in [-0.15, -0.1) is 0 Å². The Morgan fingerprint density at radius 1 is 1.40 bits per heavy atom. The highest BCUT2D eigenvalue weighted by molar-refractivity contribution is 5.94. The first-order valence-corrected chi connectivity index (χ1v) is 6.06. The SMILES string of the molecule is CC(C)OC(=O)Nc1nc2ccc(C(=O)O)cc2n1C. The number of hydrogen-bond acceptors (Lipinski definition) is 4. The number of nitrogens with zero attached hydrogens (tertiary/aromatic N) is 2. The molecule has 0 saturated carbocycles. The molecule has 0 radical (unpaired) electrons. The molecule has 1 heterocycles. The van der Waals surface area contributed by atoms with Crippen LogP contribution < -0.4 is 5.32 Å². The molecule has 1 aromatic heterocycles. The predicted octanol–water partition coefficient (Wildman–Crippen LogP) is 2.23. The number of aryl methyl sites for hydroxylation is 1. The van der Waals surface area contributed by atoms with Crippen LogP contribution in [-0.2, 0) is 11.8 Å². The fraction of sp³-hybridized carbons (Fsp3) is 0.308. The Hall–Kier alpha value is -2.57. The largest absolute Gasteiger partial charge is 0.478 e. The lowest BCUT2D eigenvalue weighted by Crippen LogP contribution is -2.19. The summed E-state index contributed by atoms with van der Waals surface area (Å²) in [4.78, 5) is 26.7. The summed E-state index contributed by atoms with van der Waals surface area (Å²) in [5.41, 5.74) is 1.37. The van der Waals surface area contributed by atoms with Crippen LogP contribution in [0.2, 0.25) is 0 Å². The number of hydrogen-bond donors (Lipinski definition) is 2. The number of aromatic carboxylic acids is 1. The highest BCUT2D eigenvalue weighted by atomic mass is 16.6. The fourth-order valence-electron chi connectivity index (χ4n) is 1.77. The Morgan fingerprint density at radius 3 is 2.70 bits per heavy atom. The number of carboxylic acid groups (broad SMARTS) is 1. The molecular formula is C13H15N3O4. The number of ether oxygens (including phenoxy) is 1. The van der Waals surface area contributed by atoms with Crippen LogP contribution in [0, 0.1) is 0 Å². The van der Waals surface area contributed by atoms with Gasteiger partial charge in [0, 0.05) is 7.05 Å². The molecule has 0 aliphatic heterocycles. The van der Waals surface area contributed by atoms with E-state index in [9.17, 15) is 9.59 Å². The molecule has 20 heavy (non-hydrogen) atoms. The van der Waals surface area contributed by atoms with Gasteiger partial charge in [0.05, 0.1) is 22.7 Å². The van der Waals surface area contributed by atoms with Crippen molar-refractivity contribution in [3.8, 4) is 0 Å². The summed E-state index contributed by atoms with van der Waals surface area (Å²) in [6.07, 6.45) is -0.833. The van der Waals surface area contributed by atoms with E-state index in [-0.39, 0.29) is 11.7 Å². The van der Waals surface area contributed by atoms with Crippen molar-refractivity contribution in [3.63, 3.8) is 0 Å². The van der Waals surface area contributed by atoms with Gasteiger partial charge in [0.1, 0.15) is 0 Å². The summed E-state index contributed by atoms with van der Waals surface area (Å²) in [6.45, 7) is 3.49. The zero-order chi connectivity index (χ0) is 14.9. The maximum Gasteiger partial charge on any atom is 0.414 e. The van der Waals surface area contributed by atoms with Gasteiger partial charge in [-0.2, -0.15) is 0 Å². The number of anilines is 1. The Labute approximate surface area is 115 Å². The molecule has 0 spiro atoms. The third-order valence-electron chi connectivity index (χ3n) is 2.68. The maximum atomic E-state index is 11.5. The second kappa shape index (κ2) is 5.20. The third-order valence-corrected chi connectivity index (χ3v) is 2.68. The number of aromatic nitrogens is 2. The predicted molar refractivity (Wildman–Crippen MR) is 72.9 cm³/mol. The Bertz CT molecular complexity index is 676. The van der Waals surface area contributed by atoms with Gasteiger partial charge in [-0.1, -0.05) is 0 Å². The third kappa shape index (κ3) is 2.71. The van der Waals surface area contributed by atoms with Crippen molar-refractivity contribution in [1.82, 2.24) is 9.55 Å².